The van der Waals surface area contributed by atoms with Crippen molar-refractivity contribution >= 4 is 34.0 Å². The van der Waals surface area contributed by atoms with Gasteiger partial charge in [-0.05, 0) is 30.4 Å². The molecule has 1 saturated carbocycles. The van der Waals surface area contributed by atoms with E-state index in [0.29, 0.717) is 16.5 Å². The highest BCUT2D eigenvalue weighted by Gasteiger charge is 2.59. The first-order chi connectivity index (χ1) is 12.1. The van der Waals surface area contributed by atoms with E-state index in [1.54, 1.807) is 0 Å². The van der Waals surface area contributed by atoms with Crippen molar-refractivity contribution in [1.82, 2.24) is 4.98 Å². The Bertz CT molecular complexity index is 969. The van der Waals surface area contributed by atoms with Gasteiger partial charge in [0.15, 0.2) is 0 Å². The number of fused-ring (bicyclic) bond motifs is 6. The monoisotopic (exact) mass is 335 g/mol. The van der Waals surface area contributed by atoms with Gasteiger partial charge in [0.1, 0.15) is 0 Å². The molecule has 0 spiro atoms. The fourth-order valence-electron chi connectivity index (χ4n) is 4.65. The van der Waals surface area contributed by atoms with Crippen LogP contribution in [0, 0.1) is 33.8 Å². The van der Waals surface area contributed by atoms with E-state index in [0.717, 1.165) is 6.42 Å². The van der Waals surface area contributed by atoms with E-state index in [-0.39, 0.29) is 41.2 Å². The number of carbonyl (C=O) groups is 2. The molecule has 5 rings (SSSR count). The number of allylic oxidation sites excluding steroid dienone is 2. The largest absolute Gasteiger partial charge is 0.277 e. The summed E-state index contributed by atoms with van der Waals surface area (Å²) < 4.78 is 0. The third kappa shape index (κ3) is 1.72. The number of benzene rings is 1. The van der Waals surface area contributed by atoms with Crippen molar-refractivity contribution in [1.29, 1.82) is 0 Å². The molecule has 2 bridgehead atoms. The zero-order valence-electron chi connectivity index (χ0n) is 13.0. The Labute approximate surface area is 142 Å². The van der Waals surface area contributed by atoms with Gasteiger partial charge in [0.25, 0.3) is 5.69 Å². The van der Waals surface area contributed by atoms with Crippen LogP contribution in [0.4, 0.5) is 11.4 Å². The van der Waals surface area contributed by atoms with Crippen molar-refractivity contribution in [2.45, 2.75) is 6.42 Å². The van der Waals surface area contributed by atoms with Crippen LogP contribution in [-0.4, -0.2) is 21.7 Å². The maximum absolute atomic E-state index is 13.0. The highest BCUT2D eigenvalue weighted by molar-refractivity contribution is 6.25. The standard InChI is InChI=1S/C18H13N3O4/c22-17-15-9-1-2-10(7-9)16(15)18(23)20(17)13-3-4-14(21(24)25)11-5-6-19-8-12(11)13/h1-6,8-10,15-16H,7H2/t9-,10+,15-,16+. The number of nitro groups is 1. The molecule has 1 aromatic carbocycles. The van der Waals surface area contributed by atoms with Crippen molar-refractivity contribution in [2.24, 2.45) is 23.7 Å². The van der Waals surface area contributed by atoms with Crippen molar-refractivity contribution in [3.63, 3.8) is 0 Å². The molecule has 1 aliphatic heterocycles. The predicted octanol–water partition coefficient (Wildman–Crippen LogP) is 2.45. The number of imide groups is 1. The van der Waals surface area contributed by atoms with Gasteiger partial charge in [0, 0.05) is 23.8 Å². The SMILES string of the molecule is O=C1[C@@H]2[C@H](C(=O)N1c1ccc([N+](=O)[O-])c3ccncc13)[C@@H]1C=C[C@H]2C1. The summed E-state index contributed by atoms with van der Waals surface area (Å²) in [6, 6.07) is 4.36. The van der Waals surface area contributed by atoms with Gasteiger partial charge < -0.3 is 0 Å². The van der Waals surface area contributed by atoms with Crippen molar-refractivity contribution < 1.29 is 14.5 Å². The molecule has 2 aliphatic carbocycles. The van der Waals surface area contributed by atoms with E-state index in [1.807, 2.05) is 12.2 Å². The molecule has 2 aromatic rings. The van der Waals surface area contributed by atoms with E-state index in [2.05, 4.69) is 4.98 Å². The molecule has 0 N–H and O–H groups in total. The molecular formula is C18H13N3O4. The minimum atomic E-state index is -0.474. The Morgan fingerprint density at radius 3 is 2.36 bits per heavy atom. The second-order valence-corrected chi connectivity index (χ2v) is 6.79. The van der Waals surface area contributed by atoms with Gasteiger partial charge in [-0.1, -0.05) is 12.2 Å². The number of hydrogen-bond donors (Lipinski definition) is 0. The summed E-state index contributed by atoms with van der Waals surface area (Å²) in [4.78, 5) is 42.0. The number of hydrogen-bond acceptors (Lipinski definition) is 5. The normalized spacial score (nSPS) is 29.7. The number of amides is 2. The van der Waals surface area contributed by atoms with Gasteiger partial charge in [0.05, 0.1) is 27.8 Å². The molecule has 25 heavy (non-hydrogen) atoms. The Morgan fingerprint density at radius 1 is 1.04 bits per heavy atom. The molecule has 3 aliphatic rings. The lowest BCUT2D eigenvalue weighted by Gasteiger charge is -2.19. The van der Waals surface area contributed by atoms with Gasteiger partial charge >= 0.3 is 0 Å². The predicted molar refractivity (Wildman–Crippen MR) is 88.6 cm³/mol. The van der Waals surface area contributed by atoms with E-state index in [1.165, 1.54) is 35.5 Å². The summed E-state index contributed by atoms with van der Waals surface area (Å²) in [5, 5.41) is 12.1. The van der Waals surface area contributed by atoms with Crippen LogP contribution >= 0.6 is 0 Å². The molecule has 0 unspecified atom stereocenters. The third-order valence-electron chi connectivity index (χ3n) is 5.68. The average Bonchev–Trinajstić information content (AvgIpc) is 3.28. The van der Waals surface area contributed by atoms with Crippen LogP contribution in [0.2, 0.25) is 0 Å². The molecule has 4 atom stereocenters. The molecule has 1 saturated heterocycles. The number of anilines is 1. The van der Waals surface area contributed by atoms with Crippen LogP contribution in [0.15, 0.2) is 42.7 Å². The van der Waals surface area contributed by atoms with Gasteiger partial charge in [-0.15, -0.1) is 0 Å². The fourth-order valence-corrected chi connectivity index (χ4v) is 4.65. The first-order valence-electron chi connectivity index (χ1n) is 8.15. The molecule has 2 heterocycles. The number of nitrogens with zero attached hydrogens (tertiary/aromatic N) is 3. The van der Waals surface area contributed by atoms with Gasteiger partial charge in [-0.2, -0.15) is 0 Å². The van der Waals surface area contributed by atoms with Crippen molar-refractivity contribution in [3.8, 4) is 0 Å². The molecule has 1 aromatic heterocycles. The van der Waals surface area contributed by atoms with Gasteiger partial charge in [0.2, 0.25) is 11.8 Å². The van der Waals surface area contributed by atoms with Crippen LogP contribution < -0.4 is 4.90 Å². The molecule has 124 valence electrons. The van der Waals surface area contributed by atoms with Crippen LogP contribution in [0.1, 0.15) is 6.42 Å². The van der Waals surface area contributed by atoms with E-state index >= 15 is 0 Å². The fraction of sp³-hybridized carbons (Fsp3) is 0.278. The number of nitro benzene ring substituents is 1. The second-order valence-electron chi connectivity index (χ2n) is 6.79. The maximum atomic E-state index is 13.0. The summed E-state index contributed by atoms with van der Waals surface area (Å²) in [6.45, 7) is 0. The summed E-state index contributed by atoms with van der Waals surface area (Å²) >= 11 is 0. The summed E-state index contributed by atoms with van der Waals surface area (Å²) in [6.07, 6.45) is 7.88. The number of rotatable bonds is 2. The lowest BCUT2D eigenvalue weighted by molar-refractivity contribution is -0.383. The van der Waals surface area contributed by atoms with Crippen LogP contribution in [-0.2, 0) is 9.59 Å². The van der Waals surface area contributed by atoms with Crippen LogP contribution in [0.5, 0.6) is 0 Å². The maximum Gasteiger partial charge on any atom is 0.277 e. The highest BCUT2D eigenvalue weighted by atomic mass is 16.6. The number of aromatic nitrogens is 1. The Hall–Kier alpha value is -3.09. The molecule has 2 amide bonds. The molecule has 7 nitrogen and oxygen atoms in total. The Balaban J connectivity index is 1.68. The Kier molecular flexibility index (Phi) is 2.69. The Morgan fingerprint density at radius 2 is 1.72 bits per heavy atom. The lowest BCUT2D eigenvalue weighted by atomic mass is 9.85. The topological polar surface area (TPSA) is 93.4 Å². The quantitative estimate of drug-likeness (QED) is 0.364. The summed E-state index contributed by atoms with van der Waals surface area (Å²) in [5.41, 5.74) is 0.319. The lowest BCUT2D eigenvalue weighted by Crippen LogP contribution is -2.33. The van der Waals surface area contributed by atoms with E-state index in [9.17, 15) is 19.7 Å². The zero-order chi connectivity index (χ0) is 17.3. The second kappa shape index (κ2) is 4.72. The first-order valence-corrected chi connectivity index (χ1v) is 8.15. The van der Waals surface area contributed by atoms with Crippen molar-refractivity contribution in [2.75, 3.05) is 4.90 Å². The smallest absolute Gasteiger partial charge is 0.274 e. The highest BCUT2D eigenvalue weighted by Crippen LogP contribution is 2.53. The van der Waals surface area contributed by atoms with Crippen LogP contribution in [0.25, 0.3) is 10.8 Å². The van der Waals surface area contributed by atoms with Gasteiger partial charge in [-0.3, -0.25) is 24.7 Å². The van der Waals surface area contributed by atoms with E-state index in [4.69, 9.17) is 0 Å². The number of non-ortho nitro benzene ring substituents is 1. The third-order valence-corrected chi connectivity index (χ3v) is 5.68. The van der Waals surface area contributed by atoms with Gasteiger partial charge in [-0.25, -0.2) is 4.90 Å². The summed E-state index contributed by atoms with van der Waals surface area (Å²) in [7, 11) is 0. The number of pyridine rings is 1. The molecule has 2 fully saturated rings. The minimum Gasteiger partial charge on any atom is -0.274 e. The zero-order valence-corrected chi connectivity index (χ0v) is 13.0. The number of carbonyl (C=O) groups excluding carboxylic acids is 2. The molecule has 0 radical (unpaired) electrons. The summed E-state index contributed by atoms with van der Waals surface area (Å²) in [5.74, 6) is -0.761. The van der Waals surface area contributed by atoms with E-state index < -0.39 is 4.92 Å². The molecular weight excluding hydrogens is 322 g/mol. The van der Waals surface area contributed by atoms with Crippen LogP contribution in [0.3, 0.4) is 0 Å². The first kappa shape index (κ1) is 14.3. The van der Waals surface area contributed by atoms with Crippen molar-refractivity contribution in [3.05, 3.63) is 52.9 Å². The average molecular weight is 335 g/mol. The molecule has 7 heteroatoms. The minimum absolute atomic E-state index is 0.0674.